The van der Waals surface area contributed by atoms with Gasteiger partial charge in [0.25, 0.3) is 0 Å². The molecule has 0 fully saturated rings. The van der Waals surface area contributed by atoms with E-state index in [9.17, 15) is 9.59 Å². The molecular formula is C12H20O5. The number of allylic oxidation sites excluding steroid dienone is 1. The minimum atomic E-state index is -1.03. The van der Waals surface area contributed by atoms with Gasteiger partial charge in [-0.25, -0.2) is 9.59 Å². The lowest BCUT2D eigenvalue weighted by Crippen LogP contribution is -2.26. The average Bonchev–Trinajstić information content (AvgIpc) is 2.35. The number of ether oxygens (including phenoxy) is 3. The van der Waals surface area contributed by atoms with Crippen molar-refractivity contribution < 1.29 is 23.8 Å². The molecular weight excluding hydrogens is 224 g/mol. The Labute approximate surface area is 102 Å². The number of rotatable bonds is 7. The Hall–Kier alpha value is -1.52. The Morgan fingerprint density at radius 3 is 2.41 bits per heavy atom. The molecule has 0 aliphatic heterocycles. The van der Waals surface area contributed by atoms with E-state index in [0.29, 0.717) is 0 Å². The molecule has 0 saturated carbocycles. The smallest absolute Gasteiger partial charge is 0.466 e. The summed E-state index contributed by atoms with van der Waals surface area (Å²) in [5.74, 6) is -0.623. The second-order valence-corrected chi connectivity index (χ2v) is 3.44. The molecule has 0 aromatic rings. The van der Waals surface area contributed by atoms with Gasteiger partial charge in [0.1, 0.15) is 0 Å². The number of esters is 1. The van der Waals surface area contributed by atoms with E-state index >= 15 is 0 Å². The topological polar surface area (TPSA) is 61.8 Å². The van der Waals surface area contributed by atoms with Gasteiger partial charge in [0.05, 0.1) is 14.2 Å². The van der Waals surface area contributed by atoms with Crippen molar-refractivity contribution in [2.45, 2.75) is 38.7 Å². The first-order valence-electron chi connectivity index (χ1n) is 5.64. The number of hydrogen-bond donors (Lipinski definition) is 0. The average molecular weight is 244 g/mol. The first kappa shape index (κ1) is 15.5. The highest BCUT2D eigenvalue weighted by molar-refractivity contribution is 5.79. The molecule has 0 spiro atoms. The monoisotopic (exact) mass is 244 g/mol. The normalized spacial score (nSPS) is 12.2. The fourth-order valence-corrected chi connectivity index (χ4v) is 1.17. The molecule has 0 rings (SSSR count). The summed E-state index contributed by atoms with van der Waals surface area (Å²) in [4.78, 5) is 22.2. The first-order valence-corrected chi connectivity index (χ1v) is 5.64. The Morgan fingerprint density at radius 2 is 1.88 bits per heavy atom. The Morgan fingerprint density at radius 1 is 1.18 bits per heavy atom. The van der Waals surface area contributed by atoms with E-state index < -0.39 is 18.2 Å². The number of carbonyl (C=O) groups excluding carboxylic acids is 2. The van der Waals surface area contributed by atoms with Crippen LogP contribution in [-0.2, 0) is 19.0 Å². The van der Waals surface area contributed by atoms with Gasteiger partial charge in [-0.05, 0) is 18.9 Å². The van der Waals surface area contributed by atoms with E-state index in [2.05, 4.69) is 16.4 Å². The van der Waals surface area contributed by atoms with Gasteiger partial charge >= 0.3 is 12.1 Å². The van der Waals surface area contributed by atoms with Crippen LogP contribution >= 0.6 is 0 Å². The molecule has 0 aromatic heterocycles. The van der Waals surface area contributed by atoms with Crippen molar-refractivity contribution in [2.75, 3.05) is 14.2 Å². The maximum Gasteiger partial charge on any atom is 0.509 e. The molecule has 0 heterocycles. The molecule has 0 aliphatic rings. The van der Waals surface area contributed by atoms with Crippen molar-refractivity contribution in [1.29, 1.82) is 0 Å². The molecule has 0 aliphatic carbocycles. The summed E-state index contributed by atoms with van der Waals surface area (Å²) in [5.41, 5.74) is 0. The van der Waals surface area contributed by atoms with Gasteiger partial charge in [0.2, 0.25) is 6.10 Å². The summed E-state index contributed by atoms with van der Waals surface area (Å²) >= 11 is 0. The van der Waals surface area contributed by atoms with Crippen LogP contribution in [0.4, 0.5) is 4.79 Å². The van der Waals surface area contributed by atoms with Crippen molar-refractivity contribution >= 4 is 12.1 Å². The summed E-state index contributed by atoms with van der Waals surface area (Å²) in [6, 6.07) is 0. The summed E-state index contributed by atoms with van der Waals surface area (Å²) in [6.45, 7) is 2.11. The summed E-state index contributed by atoms with van der Waals surface area (Å²) in [6.07, 6.45) is 5.52. The Kier molecular flexibility index (Phi) is 8.82. The van der Waals surface area contributed by atoms with E-state index in [1.54, 1.807) is 6.08 Å². The third-order valence-electron chi connectivity index (χ3n) is 2.11. The van der Waals surface area contributed by atoms with Gasteiger partial charge in [0, 0.05) is 0 Å². The van der Waals surface area contributed by atoms with Crippen molar-refractivity contribution in [2.24, 2.45) is 0 Å². The highest BCUT2D eigenvalue weighted by Gasteiger charge is 2.20. The van der Waals surface area contributed by atoms with Gasteiger partial charge in [0.15, 0.2) is 0 Å². The lowest BCUT2D eigenvalue weighted by atomic mass is 10.2. The van der Waals surface area contributed by atoms with Crippen LogP contribution in [-0.4, -0.2) is 32.4 Å². The standard InChI is InChI=1S/C12H20O5/c1-4-5-6-7-8-9-10(11(13)15-2)17-12(14)16-3/h8-10H,4-7H2,1-3H3/b9-8+/t10-/m1/s1. The zero-order valence-corrected chi connectivity index (χ0v) is 10.6. The maximum atomic E-state index is 11.3. The number of carbonyl (C=O) groups is 2. The zero-order chi connectivity index (χ0) is 13.1. The van der Waals surface area contributed by atoms with Crippen LogP contribution in [0.15, 0.2) is 12.2 Å². The molecule has 5 nitrogen and oxygen atoms in total. The molecule has 0 N–H and O–H groups in total. The van der Waals surface area contributed by atoms with Crippen LogP contribution in [0.5, 0.6) is 0 Å². The van der Waals surface area contributed by atoms with Gasteiger partial charge in [-0.2, -0.15) is 0 Å². The van der Waals surface area contributed by atoms with E-state index in [1.165, 1.54) is 20.3 Å². The van der Waals surface area contributed by atoms with Crippen LogP contribution in [0.1, 0.15) is 32.6 Å². The summed E-state index contributed by atoms with van der Waals surface area (Å²) in [7, 11) is 2.42. The van der Waals surface area contributed by atoms with Gasteiger partial charge in [-0.1, -0.05) is 25.8 Å². The zero-order valence-electron chi connectivity index (χ0n) is 10.6. The molecule has 1 atom stereocenters. The molecule has 0 saturated heterocycles. The maximum absolute atomic E-state index is 11.3. The second-order valence-electron chi connectivity index (χ2n) is 3.44. The quantitative estimate of drug-likeness (QED) is 0.391. The molecule has 98 valence electrons. The molecule has 0 bridgehead atoms. The minimum absolute atomic E-state index is 0.623. The third-order valence-corrected chi connectivity index (χ3v) is 2.11. The van der Waals surface area contributed by atoms with Gasteiger partial charge in [-0.3, -0.25) is 0 Å². The minimum Gasteiger partial charge on any atom is -0.466 e. The van der Waals surface area contributed by atoms with E-state index in [4.69, 9.17) is 4.74 Å². The van der Waals surface area contributed by atoms with Crippen molar-refractivity contribution in [3.63, 3.8) is 0 Å². The van der Waals surface area contributed by atoms with Crippen molar-refractivity contribution in [1.82, 2.24) is 0 Å². The van der Waals surface area contributed by atoms with Gasteiger partial charge < -0.3 is 14.2 Å². The second kappa shape index (κ2) is 9.69. The van der Waals surface area contributed by atoms with E-state index in [0.717, 1.165) is 25.7 Å². The van der Waals surface area contributed by atoms with Crippen molar-refractivity contribution in [3.05, 3.63) is 12.2 Å². The predicted molar refractivity (Wildman–Crippen MR) is 62.6 cm³/mol. The Bertz CT molecular complexity index is 260. The molecule has 17 heavy (non-hydrogen) atoms. The lowest BCUT2D eigenvalue weighted by Gasteiger charge is -2.10. The van der Waals surface area contributed by atoms with Crippen LogP contribution in [0.2, 0.25) is 0 Å². The summed E-state index contributed by atoms with van der Waals surface area (Å²) in [5, 5.41) is 0. The predicted octanol–water partition coefficient (Wildman–Crippen LogP) is 2.45. The van der Waals surface area contributed by atoms with Gasteiger partial charge in [-0.15, -0.1) is 0 Å². The molecule has 0 aromatic carbocycles. The highest BCUT2D eigenvalue weighted by Crippen LogP contribution is 2.04. The van der Waals surface area contributed by atoms with Crippen LogP contribution in [0.3, 0.4) is 0 Å². The number of methoxy groups -OCH3 is 2. The largest absolute Gasteiger partial charge is 0.509 e. The van der Waals surface area contributed by atoms with Crippen LogP contribution in [0, 0.1) is 0 Å². The summed E-state index contributed by atoms with van der Waals surface area (Å²) < 4.78 is 13.6. The fourth-order valence-electron chi connectivity index (χ4n) is 1.17. The highest BCUT2D eigenvalue weighted by atomic mass is 16.7. The first-order chi connectivity index (χ1) is 8.15. The van der Waals surface area contributed by atoms with Crippen LogP contribution in [0.25, 0.3) is 0 Å². The molecule has 5 heteroatoms. The van der Waals surface area contributed by atoms with Crippen molar-refractivity contribution in [3.8, 4) is 0 Å². The molecule has 0 radical (unpaired) electrons. The lowest BCUT2D eigenvalue weighted by molar-refractivity contribution is -0.148. The Balaban J connectivity index is 4.18. The van der Waals surface area contributed by atoms with Crippen LogP contribution < -0.4 is 0 Å². The number of hydrogen-bond acceptors (Lipinski definition) is 5. The van der Waals surface area contributed by atoms with E-state index in [1.807, 2.05) is 0 Å². The fraction of sp³-hybridized carbons (Fsp3) is 0.667. The van der Waals surface area contributed by atoms with E-state index in [-0.39, 0.29) is 0 Å². The SMILES string of the molecule is CCCCC/C=C/[C@@H](OC(=O)OC)C(=O)OC. The molecule has 0 amide bonds. The number of unbranched alkanes of at least 4 members (excludes halogenated alkanes) is 3. The third kappa shape index (κ3) is 7.38. The molecule has 0 unspecified atom stereocenters.